The van der Waals surface area contributed by atoms with Gasteiger partial charge in [0.05, 0.1) is 12.9 Å². The molecule has 2 heterocycles. The van der Waals surface area contributed by atoms with Crippen molar-refractivity contribution >= 4 is 0 Å². The van der Waals surface area contributed by atoms with E-state index >= 15 is 0 Å². The van der Waals surface area contributed by atoms with Crippen LogP contribution in [-0.2, 0) is 6.61 Å². The maximum absolute atomic E-state index is 9.45. The molecule has 2 N–H and O–H groups in total. The molecule has 84 valence electrons. The van der Waals surface area contributed by atoms with E-state index < -0.39 is 0 Å². The largest absolute Gasteiger partial charge is 0.463 e. The summed E-state index contributed by atoms with van der Waals surface area (Å²) in [6.07, 6.45) is 5.26. The molecule has 0 bridgehead atoms. The maximum Gasteiger partial charge on any atom is 0.154 e. The Labute approximate surface area is 93.3 Å². The Bertz CT molecular complexity index is 469. The number of nitrogens with one attached hydrogen (secondary N) is 1. The summed E-state index contributed by atoms with van der Waals surface area (Å²) in [6.45, 7) is 0.0123. The van der Waals surface area contributed by atoms with Crippen LogP contribution in [0.5, 0.6) is 0 Å². The highest BCUT2D eigenvalue weighted by molar-refractivity contribution is 5.58. The first-order chi connectivity index (χ1) is 7.90. The molecule has 2 aromatic heterocycles. The lowest BCUT2D eigenvalue weighted by molar-refractivity contribution is 0.277. The van der Waals surface area contributed by atoms with Crippen LogP contribution in [-0.4, -0.2) is 15.3 Å². The molecule has 0 aliphatic heterocycles. The Kier molecular flexibility index (Phi) is 2.29. The Hall–Kier alpha value is -1.55. The van der Waals surface area contributed by atoms with Crippen LogP contribution in [0.2, 0.25) is 0 Å². The van der Waals surface area contributed by atoms with Crippen LogP contribution >= 0.6 is 0 Å². The fourth-order valence-electron chi connectivity index (χ4n) is 2.19. The molecule has 0 aromatic carbocycles. The third-order valence-electron chi connectivity index (χ3n) is 3.33. The molecule has 0 amide bonds. The summed E-state index contributed by atoms with van der Waals surface area (Å²) in [6, 6.07) is 3.69. The van der Waals surface area contributed by atoms with Crippen LogP contribution in [0.3, 0.4) is 0 Å². The lowest BCUT2D eigenvalue weighted by Crippen LogP contribution is -2.11. The van der Waals surface area contributed by atoms with Crippen LogP contribution in [0.25, 0.3) is 11.5 Å². The van der Waals surface area contributed by atoms with Crippen molar-refractivity contribution in [2.45, 2.75) is 31.8 Å². The van der Waals surface area contributed by atoms with E-state index in [2.05, 4.69) is 10.2 Å². The third-order valence-corrected chi connectivity index (χ3v) is 3.33. The maximum atomic E-state index is 9.45. The second kappa shape index (κ2) is 3.79. The monoisotopic (exact) mass is 218 g/mol. The number of aromatic nitrogens is 2. The molecule has 0 unspecified atom stereocenters. The minimum Gasteiger partial charge on any atom is -0.463 e. The molecule has 1 aliphatic carbocycles. The van der Waals surface area contributed by atoms with Crippen LogP contribution < -0.4 is 0 Å². The van der Waals surface area contributed by atoms with E-state index in [0.29, 0.717) is 11.7 Å². The second-order valence-corrected chi connectivity index (χ2v) is 4.23. The Morgan fingerprint density at radius 2 is 2.38 bits per heavy atom. The van der Waals surface area contributed by atoms with Gasteiger partial charge in [-0.3, -0.25) is 5.10 Å². The predicted molar refractivity (Wildman–Crippen MR) is 58.8 cm³/mol. The quantitative estimate of drug-likeness (QED) is 0.831. The minimum atomic E-state index is 0.0123. The second-order valence-electron chi connectivity index (χ2n) is 4.23. The molecule has 3 rings (SSSR count). The zero-order valence-electron chi connectivity index (χ0n) is 8.94. The summed E-state index contributed by atoms with van der Waals surface area (Å²) in [5, 5.41) is 16.8. The first-order valence-electron chi connectivity index (χ1n) is 5.62. The topological polar surface area (TPSA) is 62.1 Å². The Morgan fingerprint density at radius 1 is 1.50 bits per heavy atom. The van der Waals surface area contributed by atoms with Gasteiger partial charge in [-0.1, -0.05) is 6.42 Å². The summed E-state index contributed by atoms with van der Waals surface area (Å²) in [5.74, 6) is 1.25. The molecule has 1 aliphatic rings. The van der Waals surface area contributed by atoms with Gasteiger partial charge in [-0.2, -0.15) is 5.10 Å². The summed E-state index contributed by atoms with van der Waals surface area (Å²) in [4.78, 5) is 0. The molecule has 0 spiro atoms. The number of aliphatic hydroxyl groups is 1. The minimum absolute atomic E-state index is 0.0123. The van der Waals surface area contributed by atoms with Crippen molar-refractivity contribution < 1.29 is 9.52 Å². The number of hydrogen-bond donors (Lipinski definition) is 2. The molecule has 0 atom stereocenters. The van der Waals surface area contributed by atoms with E-state index in [1.54, 1.807) is 6.26 Å². The number of aliphatic hydroxyl groups excluding tert-OH is 1. The normalized spacial score (nSPS) is 16.3. The smallest absolute Gasteiger partial charge is 0.154 e. The molecular formula is C12H14N2O2. The number of aromatic amines is 1. The van der Waals surface area contributed by atoms with E-state index in [0.717, 1.165) is 17.0 Å². The average Bonchev–Trinajstić information content (AvgIpc) is 2.81. The molecule has 1 saturated carbocycles. The number of H-pyrrole nitrogens is 1. The van der Waals surface area contributed by atoms with Gasteiger partial charge in [-0.25, -0.2) is 0 Å². The van der Waals surface area contributed by atoms with Gasteiger partial charge in [0.2, 0.25) is 0 Å². The molecule has 0 radical (unpaired) electrons. The first kappa shape index (κ1) is 9.66. The van der Waals surface area contributed by atoms with Gasteiger partial charge >= 0.3 is 0 Å². The fourth-order valence-corrected chi connectivity index (χ4v) is 2.19. The summed E-state index contributed by atoms with van der Waals surface area (Å²) >= 11 is 0. The SMILES string of the molecule is OCc1c(-c2ccco2)n[nH]c1C1CCC1. The van der Waals surface area contributed by atoms with Crippen molar-refractivity contribution in [3.63, 3.8) is 0 Å². The average molecular weight is 218 g/mol. The van der Waals surface area contributed by atoms with Crippen molar-refractivity contribution in [3.05, 3.63) is 29.7 Å². The van der Waals surface area contributed by atoms with Gasteiger partial charge in [0, 0.05) is 17.2 Å². The van der Waals surface area contributed by atoms with Crippen LogP contribution in [0.15, 0.2) is 22.8 Å². The number of hydrogen-bond acceptors (Lipinski definition) is 3. The first-order valence-corrected chi connectivity index (χ1v) is 5.62. The van der Waals surface area contributed by atoms with Crippen LogP contribution in [0.1, 0.15) is 36.4 Å². The van der Waals surface area contributed by atoms with E-state index in [1.165, 1.54) is 19.3 Å². The Morgan fingerprint density at radius 3 is 2.94 bits per heavy atom. The van der Waals surface area contributed by atoms with Crippen molar-refractivity contribution in [1.29, 1.82) is 0 Å². The summed E-state index contributed by atoms with van der Waals surface area (Å²) < 4.78 is 5.31. The summed E-state index contributed by atoms with van der Waals surface area (Å²) in [5.41, 5.74) is 2.72. The van der Waals surface area contributed by atoms with Gasteiger partial charge in [0.25, 0.3) is 0 Å². The molecule has 0 saturated heterocycles. The zero-order chi connectivity index (χ0) is 11.0. The van der Waals surface area contributed by atoms with E-state index in [1.807, 2.05) is 12.1 Å². The summed E-state index contributed by atoms with van der Waals surface area (Å²) in [7, 11) is 0. The third kappa shape index (κ3) is 1.38. The lowest BCUT2D eigenvalue weighted by Gasteiger charge is -2.24. The van der Waals surface area contributed by atoms with Crippen molar-refractivity contribution in [2.24, 2.45) is 0 Å². The number of nitrogens with zero attached hydrogens (tertiary/aromatic N) is 1. The van der Waals surface area contributed by atoms with Crippen molar-refractivity contribution in [2.75, 3.05) is 0 Å². The highest BCUT2D eigenvalue weighted by atomic mass is 16.3. The van der Waals surface area contributed by atoms with Gasteiger partial charge in [0.15, 0.2) is 5.76 Å². The van der Waals surface area contributed by atoms with Crippen molar-refractivity contribution in [3.8, 4) is 11.5 Å². The van der Waals surface area contributed by atoms with E-state index in [4.69, 9.17) is 4.42 Å². The highest BCUT2D eigenvalue weighted by Gasteiger charge is 2.26. The zero-order valence-corrected chi connectivity index (χ0v) is 8.94. The lowest BCUT2D eigenvalue weighted by atomic mass is 9.81. The van der Waals surface area contributed by atoms with Crippen molar-refractivity contribution in [1.82, 2.24) is 10.2 Å². The Balaban J connectivity index is 2.02. The standard InChI is InChI=1S/C12H14N2O2/c15-7-9-11(8-3-1-4-8)13-14-12(9)10-5-2-6-16-10/h2,5-6,8,15H,1,3-4,7H2,(H,13,14). The highest BCUT2D eigenvalue weighted by Crippen LogP contribution is 2.39. The van der Waals surface area contributed by atoms with Gasteiger partial charge in [-0.15, -0.1) is 0 Å². The number of rotatable bonds is 3. The molecular weight excluding hydrogens is 204 g/mol. The molecule has 1 fully saturated rings. The number of furan rings is 1. The van der Waals surface area contributed by atoms with E-state index in [9.17, 15) is 5.11 Å². The fraction of sp³-hybridized carbons (Fsp3) is 0.417. The van der Waals surface area contributed by atoms with Crippen LogP contribution in [0.4, 0.5) is 0 Å². The molecule has 2 aromatic rings. The molecule has 4 nitrogen and oxygen atoms in total. The predicted octanol–water partition coefficient (Wildman–Crippen LogP) is 2.43. The van der Waals surface area contributed by atoms with Crippen LogP contribution in [0, 0.1) is 0 Å². The molecule has 4 heteroatoms. The molecule has 16 heavy (non-hydrogen) atoms. The van der Waals surface area contributed by atoms with Gasteiger partial charge in [0.1, 0.15) is 5.69 Å². The van der Waals surface area contributed by atoms with Gasteiger partial charge in [-0.05, 0) is 25.0 Å². The van der Waals surface area contributed by atoms with Gasteiger partial charge < -0.3 is 9.52 Å². The van der Waals surface area contributed by atoms with E-state index in [-0.39, 0.29) is 6.61 Å².